The summed E-state index contributed by atoms with van der Waals surface area (Å²) in [6, 6.07) is 4.80. The van der Waals surface area contributed by atoms with Gasteiger partial charge in [-0.15, -0.1) is 0 Å². The molecule has 1 saturated heterocycles. The molecule has 1 aromatic carbocycles. The molecule has 0 saturated carbocycles. The van der Waals surface area contributed by atoms with Crippen LogP contribution in [0.15, 0.2) is 18.2 Å². The van der Waals surface area contributed by atoms with E-state index < -0.39 is 0 Å². The average Bonchev–Trinajstić information content (AvgIpc) is 2.36. The molecule has 0 bridgehead atoms. The third kappa shape index (κ3) is 3.44. The molecule has 0 aliphatic carbocycles. The van der Waals surface area contributed by atoms with Crippen LogP contribution in [0.2, 0.25) is 5.02 Å². The summed E-state index contributed by atoms with van der Waals surface area (Å²) in [4.78, 5) is 25.8. The maximum atomic E-state index is 12.3. The number of hydrogen-bond acceptors (Lipinski definition) is 3. The summed E-state index contributed by atoms with van der Waals surface area (Å²) < 4.78 is 0. The Kier molecular flexibility index (Phi) is 4.36. The number of nitrogens with zero attached hydrogens (tertiary/aromatic N) is 1. The van der Waals surface area contributed by atoms with Crippen LogP contribution in [-0.2, 0) is 9.59 Å². The number of anilines is 1. The van der Waals surface area contributed by atoms with Crippen LogP contribution >= 0.6 is 11.6 Å². The number of amides is 2. The van der Waals surface area contributed by atoms with Crippen molar-refractivity contribution in [3.05, 3.63) is 28.8 Å². The minimum Gasteiger partial charge on any atom is -0.384 e. The first-order chi connectivity index (χ1) is 9.84. The lowest BCUT2D eigenvalue weighted by molar-refractivity contribution is -0.132. The highest BCUT2D eigenvalue weighted by Crippen LogP contribution is 2.35. The molecule has 1 aromatic rings. The van der Waals surface area contributed by atoms with Crippen molar-refractivity contribution < 1.29 is 14.7 Å². The lowest BCUT2D eigenvalue weighted by Crippen LogP contribution is -2.46. The standard InChI is InChI=1S/C16H16ClNO3/c1-16(2)9-14(20)18(15(21)10-16)13-6-5-12(17)8-11(13)4-3-7-19/h5-6,8,19H,7,9-10H2,1-2H3. The van der Waals surface area contributed by atoms with Crippen LogP contribution in [-0.4, -0.2) is 23.5 Å². The van der Waals surface area contributed by atoms with E-state index in [0.29, 0.717) is 29.1 Å². The van der Waals surface area contributed by atoms with Crippen LogP contribution in [0.1, 0.15) is 32.3 Å². The first kappa shape index (κ1) is 15.6. The van der Waals surface area contributed by atoms with Crippen molar-refractivity contribution >= 4 is 29.1 Å². The fourth-order valence-corrected chi connectivity index (χ4v) is 2.56. The van der Waals surface area contributed by atoms with Crippen molar-refractivity contribution in [1.29, 1.82) is 0 Å². The zero-order valence-corrected chi connectivity index (χ0v) is 12.7. The lowest BCUT2D eigenvalue weighted by atomic mass is 9.81. The number of halogens is 1. The Labute approximate surface area is 128 Å². The van der Waals surface area contributed by atoms with Gasteiger partial charge in [0, 0.05) is 17.9 Å². The van der Waals surface area contributed by atoms with Gasteiger partial charge in [0.2, 0.25) is 11.8 Å². The first-order valence-corrected chi connectivity index (χ1v) is 6.97. The number of piperidine rings is 1. The van der Waals surface area contributed by atoms with Crippen molar-refractivity contribution in [2.45, 2.75) is 26.7 Å². The molecule has 4 nitrogen and oxygen atoms in total. The van der Waals surface area contributed by atoms with Gasteiger partial charge in [-0.1, -0.05) is 37.3 Å². The van der Waals surface area contributed by atoms with Gasteiger partial charge in [-0.05, 0) is 23.6 Å². The molecule has 1 heterocycles. The second-order valence-electron chi connectivity index (χ2n) is 5.76. The molecular formula is C16H16ClNO3. The highest BCUT2D eigenvalue weighted by atomic mass is 35.5. The number of carbonyl (C=O) groups excluding carboxylic acids is 2. The summed E-state index contributed by atoms with van der Waals surface area (Å²) in [5, 5.41) is 9.27. The van der Waals surface area contributed by atoms with E-state index in [0.717, 1.165) is 0 Å². The molecule has 21 heavy (non-hydrogen) atoms. The first-order valence-electron chi connectivity index (χ1n) is 6.59. The number of carbonyl (C=O) groups is 2. The van der Waals surface area contributed by atoms with Crippen LogP contribution in [0.5, 0.6) is 0 Å². The van der Waals surface area contributed by atoms with Gasteiger partial charge in [0.15, 0.2) is 0 Å². The Balaban J connectivity index is 2.46. The predicted molar refractivity (Wildman–Crippen MR) is 80.9 cm³/mol. The molecule has 0 unspecified atom stereocenters. The molecule has 0 atom stereocenters. The van der Waals surface area contributed by atoms with Gasteiger partial charge in [-0.25, -0.2) is 4.90 Å². The highest BCUT2D eigenvalue weighted by Gasteiger charge is 2.38. The lowest BCUT2D eigenvalue weighted by Gasteiger charge is -2.35. The zero-order valence-electron chi connectivity index (χ0n) is 11.9. The van der Waals surface area contributed by atoms with E-state index in [2.05, 4.69) is 11.8 Å². The fraction of sp³-hybridized carbons (Fsp3) is 0.375. The summed E-state index contributed by atoms with van der Waals surface area (Å²) in [5.74, 6) is 4.76. The number of aliphatic hydroxyl groups excluding tert-OH is 1. The molecular weight excluding hydrogens is 290 g/mol. The van der Waals surface area contributed by atoms with Crippen molar-refractivity contribution in [2.75, 3.05) is 11.5 Å². The van der Waals surface area contributed by atoms with Crippen LogP contribution in [0.25, 0.3) is 0 Å². The molecule has 1 aliphatic heterocycles. The van der Waals surface area contributed by atoms with Crippen molar-refractivity contribution in [3.63, 3.8) is 0 Å². The second-order valence-corrected chi connectivity index (χ2v) is 6.20. The number of rotatable bonds is 1. The van der Waals surface area contributed by atoms with E-state index in [9.17, 15) is 9.59 Å². The number of hydrogen-bond donors (Lipinski definition) is 1. The Morgan fingerprint density at radius 1 is 1.29 bits per heavy atom. The van der Waals surface area contributed by atoms with Crippen LogP contribution in [0.4, 0.5) is 5.69 Å². The average molecular weight is 306 g/mol. The Bertz CT molecular complexity index is 635. The molecule has 5 heteroatoms. The third-order valence-electron chi connectivity index (χ3n) is 3.26. The third-order valence-corrected chi connectivity index (χ3v) is 3.50. The normalized spacial score (nSPS) is 17.4. The van der Waals surface area contributed by atoms with Gasteiger partial charge >= 0.3 is 0 Å². The zero-order chi connectivity index (χ0) is 15.6. The van der Waals surface area contributed by atoms with Gasteiger partial charge in [0.25, 0.3) is 0 Å². The Morgan fingerprint density at radius 3 is 2.48 bits per heavy atom. The highest BCUT2D eigenvalue weighted by molar-refractivity contribution is 6.31. The summed E-state index contributed by atoms with van der Waals surface area (Å²) >= 11 is 5.93. The van der Waals surface area contributed by atoms with E-state index in [1.54, 1.807) is 18.2 Å². The minimum atomic E-state index is -0.325. The number of aliphatic hydroxyl groups is 1. The van der Waals surface area contributed by atoms with Crippen LogP contribution < -0.4 is 4.90 Å². The van der Waals surface area contributed by atoms with Gasteiger partial charge in [0.1, 0.15) is 6.61 Å². The molecule has 0 aromatic heterocycles. The Morgan fingerprint density at radius 2 is 1.90 bits per heavy atom. The molecule has 0 spiro atoms. The van der Waals surface area contributed by atoms with Crippen molar-refractivity contribution in [3.8, 4) is 11.8 Å². The van der Waals surface area contributed by atoms with Crippen LogP contribution in [0.3, 0.4) is 0 Å². The van der Waals surface area contributed by atoms with Crippen LogP contribution in [0, 0.1) is 17.3 Å². The maximum Gasteiger partial charge on any atom is 0.234 e. The summed E-state index contributed by atoms with van der Waals surface area (Å²) in [5.41, 5.74) is 0.553. The van der Waals surface area contributed by atoms with E-state index >= 15 is 0 Å². The van der Waals surface area contributed by atoms with Gasteiger partial charge in [-0.3, -0.25) is 9.59 Å². The minimum absolute atomic E-state index is 0.245. The maximum absolute atomic E-state index is 12.3. The monoisotopic (exact) mass is 305 g/mol. The van der Waals surface area contributed by atoms with E-state index in [4.69, 9.17) is 16.7 Å². The largest absolute Gasteiger partial charge is 0.384 e. The summed E-state index contributed by atoms with van der Waals surface area (Å²) in [6.45, 7) is 3.49. The summed E-state index contributed by atoms with van der Waals surface area (Å²) in [7, 11) is 0. The van der Waals surface area contributed by atoms with Crippen molar-refractivity contribution in [2.24, 2.45) is 5.41 Å². The molecule has 2 amide bonds. The molecule has 1 aliphatic rings. The Hall–Kier alpha value is -1.83. The van der Waals surface area contributed by atoms with Crippen molar-refractivity contribution in [1.82, 2.24) is 0 Å². The molecule has 2 rings (SSSR count). The predicted octanol–water partition coefficient (Wildman–Crippen LogP) is 2.36. The second kappa shape index (κ2) is 5.88. The molecule has 0 radical (unpaired) electrons. The van der Waals surface area contributed by atoms with E-state index in [-0.39, 0.29) is 23.8 Å². The van der Waals surface area contributed by atoms with Gasteiger partial charge in [0.05, 0.1) is 11.3 Å². The fourth-order valence-electron chi connectivity index (χ4n) is 2.39. The molecule has 110 valence electrons. The molecule has 1 fully saturated rings. The quantitative estimate of drug-likeness (QED) is 0.640. The van der Waals surface area contributed by atoms with E-state index in [1.807, 2.05) is 13.8 Å². The number of benzene rings is 1. The smallest absolute Gasteiger partial charge is 0.234 e. The molecule has 1 N–H and O–H groups in total. The van der Waals surface area contributed by atoms with Gasteiger partial charge in [-0.2, -0.15) is 0 Å². The SMILES string of the molecule is CC1(C)CC(=O)N(c2ccc(Cl)cc2C#CCO)C(=O)C1. The van der Waals surface area contributed by atoms with E-state index in [1.165, 1.54) is 4.90 Å². The summed E-state index contributed by atoms with van der Waals surface area (Å²) in [6.07, 6.45) is 0.600. The topological polar surface area (TPSA) is 57.6 Å². The number of imide groups is 1. The van der Waals surface area contributed by atoms with Gasteiger partial charge < -0.3 is 5.11 Å².